The van der Waals surface area contributed by atoms with E-state index in [1.165, 1.54) is 22.6 Å². The second-order valence-corrected chi connectivity index (χ2v) is 5.84. The van der Waals surface area contributed by atoms with Crippen LogP contribution in [0, 0.1) is 26.6 Å². The molecule has 2 aromatic rings. The molecule has 96 valence electrons. The fourth-order valence-electron chi connectivity index (χ4n) is 2.02. The first-order valence-electron chi connectivity index (χ1n) is 5.81. The van der Waals surface area contributed by atoms with Crippen LogP contribution in [0.1, 0.15) is 32.5 Å². The number of rotatable bonds is 3. The quantitative estimate of drug-likeness (QED) is 0.659. The Morgan fingerprint density at radius 1 is 1.17 bits per heavy atom. The third-order valence-corrected chi connectivity index (χ3v) is 4.25. The topological polar surface area (TPSA) is 38.0 Å². The van der Waals surface area contributed by atoms with E-state index in [0.717, 1.165) is 16.0 Å². The Labute approximate surface area is 111 Å². The fraction of sp³-hybridized carbons (Fsp3) is 0.286. The third-order valence-electron chi connectivity index (χ3n) is 3.03. The number of aryl methyl sites for hydroxylation is 3. The van der Waals surface area contributed by atoms with Gasteiger partial charge in [-0.2, -0.15) is 0 Å². The first-order chi connectivity index (χ1) is 8.51. The molecule has 1 aromatic heterocycles. The zero-order valence-corrected chi connectivity index (χ0v) is 11.6. The van der Waals surface area contributed by atoms with E-state index in [4.69, 9.17) is 5.84 Å². The highest BCUT2D eigenvalue weighted by atomic mass is 32.1. The van der Waals surface area contributed by atoms with Crippen molar-refractivity contribution >= 4 is 11.3 Å². The van der Waals surface area contributed by atoms with Crippen molar-refractivity contribution in [2.75, 3.05) is 0 Å². The second-order valence-electron chi connectivity index (χ2n) is 4.55. The number of benzene rings is 1. The third kappa shape index (κ3) is 2.61. The molecule has 0 radical (unpaired) electrons. The van der Waals surface area contributed by atoms with E-state index in [1.807, 2.05) is 13.0 Å². The molecular formula is C14H17FN2S. The van der Waals surface area contributed by atoms with Crippen LogP contribution >= 0.6 is 11.3 Å². The Hall–Kier alpha value is -1.23. The standard InChI is InChI=1S/C14H17FN2S/c1-8-4-11(7-12(15)5-8)14(17-16)13-6-9(2)10(3)18-13/h4-7,14,17H,16H2,1-3H3. The predicted octanol–water partition coefficient (Wildman–Crippen LogP) is 3.37. The normalized spacial score (nSPS) is 12.7. The second kappa shape index (κ2) is 5.18. The van der Waals surface area contributed by atoms with Gasteiger partial charge < -0.3 is 0 Å². The van der Waals surface area contributed by atoms with Crippen molar-refractivity contribution in [1.29, 1.82) is 0 Å². The van der Waals surface area contributed by atoms with Crippen molar-refractivity contribution in [1.82, 2.24) is 5.43 Å². The Kier molecular flexibility index (Phi) is 3.80. The molecule has 0 saturated heterocycles. The zero-order chi connectivity index (χ0) is 13.3. The Balaban J connectivity index is 2.44. The van der Waals surface area contributed by atoms with Gasteiger partial charge in [0.1, 0.15) is 5.82 Å². The summed E-state index contributed by atoms with van der Waals surface area (Å²) in [5, 5.41) is 0. The van der Waals surface area contributed by atoms with Gasteiger partial charge in [-0.05, 0) is 55.7 Å². The van der Waals surface area contributed by atoms with Gasteiger partial charge >= 0.3 is 0 Å². The Bertz CT molecular complexity index is 523. The van der Waals surface area contributed by atoms with Crippen LogP contribution in [0.25, 0.3) is 0 Å². The van der Waals surface area contributed by atoms with Crippen molar-refractivity contribution in [2.45, 2.75) is 26.8 Å². The smallest absolute Gasteiger partial charge is 0.123 e. The molecule has 0 aliphatic rings. The number of halogens is 1. The summed E-state index contributed by atoms with van der Waals surface area (Å²) in [5.74, 6) is 5.40. The fourth-order valence-corrected chi connectivity index (χ4v) is 3.15. The molecule has 1 heterocycles. The lowest BCUT2D eigenvalue weighted by atomic mass is 10.0. The number of hydrazine groups is 1. The maximum absolute atomic E-state index is 13.5. The molecule has 0 bridgehead atoms. The molecule has 2 rings (SSSR count). The van der Waals surface area contributed by atoms with E-state index >= 15 is 0 Å². The number of thiophene rings is 1. The minimum Gasteiger partial charge on any atom is -0.271 e. The van der Waals surface area contributed by atoms with Crippen LogP contribution in [-0.4, -0.2) is 0 Å². The number of hydrogen-bond acceptors (Lipinski definition) is 3. The van der Waals surface area contributed by atoms with Gasteiger partial charge in [0, 0.05) is 9.75 Å². The van der Waals surface area contributed by atoms with Gasteiger partial charge in [-0.1, -0.05) is 6.07 Å². The lowest BCUT2D eigenvalue weighted by Gasteiger charge is -2.15. The molecule has 0 aliphatic heterocycles. The van der Waals surface area contributed by atoms with Gasteiger partial charge in [0.25, 0.3) is 0 Å². The monoisotopic (exact) mass is 264 g/mol. The van der Waals surface area contributed by atoms with E-state index in [2.05, 4.69) is 25.3 Å². The average Bonchev–Trinajstić information content (AvgIpc) is 2.58. The molecule has 4 heteroatoms. The van der Waals surface area contributed by atoms with E-state index in [9.17, 15) is 4.39 Å². The largest absolute Gasteiger partial charge is 0.271 e. The highest BCUT2D eigenvalue weighted by Gasteiger charge is 2.16. The van der Waals surface area contributed by atoms with E-state index in [0.29, 0.717) is 0 Å². The van der Waals surface area contributed by atoms with E-state index < -0.39 is 0 Å². The Morgan fingerprint density at radius 3 is 2.39 bits per heavy atom. The predicted molar refractivity (Wildman–Crippen MR) is 74.1 cm³/mol. The van der Waals surface area contributed by atoms with Gasteiger partial charge in [-0.3, -0.25) is 5.84 Å². The molecule has 3 N–H and O–H groups in total. The maximum atomic E-state index is 13.5. The van der Waals surface area contributed by atoms with Gasteiger partial charge in [0.15, 0.2) is 0 Å². The molecule has 0 amide bonds. The van der Waals surface area contributed by atoms with Gasteiger partial charge in [-0.15, -0.1) is 11.3 Å². The van der Waals surface area contributed by atoms with Crippen molar-refractivity contribution in [2.24, 2.45) is 5.84 Å². The minimum atomic E-state index is -0.227. The van der Waals surface area contributed by atoms with Crippen LogP contribution < -0.4 is 11.3 Å². The summed E-state index contributed by atoms with van der Waals surface area (Å²) >= 11 is 1.69. The first kappa shape index (κ1) is 13.2. The molecule has 2 nitrogen and oxygen atoms in total. The van der Waals surface area contributed by atoms with Crippen molar-refractivity contribution in [3.8, 4) is 0 Å². The molecule has 1 unspecified atom stereocenters. The van der Waals surface area contributed by atoms with Crippen LogP contribution in [0.5, 0.6) is 0 Å². The van der Waals surface area contributed by atoms with Crippen molar-refractivity contribution < 1.29 is 4.39 Å². The highest BCUT2D eigenvalue weighted by Crippen LogP contribution is 2.30. The number of hydrogen-bond donors (Lipinski definition) is 2. The zero-order valence-electron chi connectivity index (χ0n) is 10.8. The molecule has 1 atom stereocenters. The SMILES string of the molecule is Cc1cc(F)cc(C(NN)c2cc(C)c(C)s2)c1. The molecule has 1 aromatic carbocycles. The summed E-state index contributed by atoms with van der Waals surface area (Å²) in [7, 11) is 0. The lowest BCUT2D eigenvalue weighted by molar-refractivity contribution is 0.607. The number of nitrogens with two attached hydrogens (primary N) is 1. The van der Waals surface area contributed by atoms with Gasteiger partial charge in [-0.25, -0.2) is 9.82 Å². The van der Waals surface area contributed by atoms with Gasteiger partial charge in [0.2, 0.25) is 0 Å². The van der Waals surface area contributed by atoms with Crippen LogP contribution in [0.3, 0.4) is 0 Å². The van der Waals surface area contributed by atoms with Crippen LogP contribution in [0.4, 0.5) is 4.39 Å². The van der Waals surface area contributed by atoms with E-state index in [1.54, 1.807) is 11.3 Å². The Morgan fingerprint density at radius 2 is 1.89 bits per heavy atom. The summed E-state index contributed by atoms with van der Waals surface area (Å²) < 4.78 is 13.5. The van der Waals surface area contributed by atoms with Crippen LogP contribution in [0.15, 0.2) is 24.3 Å². The molecule has 0 spiro atoms. The molecule has 0 saturated carbocycles. The summed E-state index contributed by atoms with van der Waals surface area (Å²) in [5.41, 5.74) is 5.77. The van der Waals surface area contributed by atoms with Crippen LogP contribution in [-0.2, 0) is 0 Å². The lowest BCUT2D eigenvalue weighted by Crippen LogP contribution is -2.28. The minimum absolute atomic E-state index is 0.156. The summed E-state index contributed by atoms with van der Waals surface area (Å²) in [6.45, 7) is 6.03. The molecule has 0 fully saturated rings. The summed E-state index contributed by atoms with van der Waals surface area (Å²) in [6.07, 6.45) is 0. The summed E-state index contributed by atoms with van der Waals surface area (Å²) in [4.78, 5) is 2.37. The molecular weight excluding hydrogens is 247 g/mol. The van der Waals surface area contributed by atoms with E-state index in [-0.39, 0.29) is 11.9 Å². The van der Waals surface area contributed by atoms with Crippen molar-refractivity contribution in [3.63, 3.8) is 0 Å². The average molecular weight is 264 g/mol. The molecule has 0 aliphatic carbocycles. The first-order valence-corrected chi connectivity index (χ1v) is 6.63. The number of nitrogens with one attached hydrogen (secondary N) is 1. The highest BCUT2D eigenvalue weighted by molar-refractivity contribution is 7.12. The van der Waals surface area contributed by atoms with Gasteiger partial charge in [0.05, 0.1) is 6.04 Å². The molecule has 18 heavy (non-hydrogen) atoms. The maximum Gasteiger partial charge on any atom is 0.123 e. The summed E-state index contributed by atoms with van der Waals surface area (Å²) in [6, 6.07) is 6.95. The van der Waals surface area contributed by atoms with Crippen molar-refractivity contribution in [3.05, 3.63) is 56.5 Å². The van der Waals surface area contributed by atoms with Crippen LogP contribution in [0.2, 0.25) is 0 Å².